The lowest BCUT2D eigenvalue weighted by Gasteiger charge is -2.07. The Morgan fingerprint density at radius 3 is 2.38 bits per heavy atom. The van der Waals surface area contributed by atoms with Crippen molar-refractivity contribution in [2.75, 3.05) is 6.61 Å². The van der Waals surface area contributed by atoms with Gasteiger partial charge in [0.2, 0.25) is 0 Å². The first-order valence-electron chi connectivity index (χ1n) is 4.61. The highest BCUT2D eigenvalue weighted by Gasteiger charge is 2.11. The van der Waals surface area contributed by atoms with E-state index in [0.717, 1.165) is 0 Å². The van der Waals surface area contributed by atoms with Crippen molar-refractivity contribution in [3.63, 3.8) is 0 Å². The van der Waals surface area contributed by atoms with Gasteiger partial charge < -0.3 is 14.6 Å². The van der Waals surface area contributed by atoms with Crippen LogP contribution in [0.3, 0.4) is 0 Å². The van der Waals surface area contributed by atoms with Gasteiger partial charge in [-0.3, -0.25) is 4.79 Å². The fourth-order valence-corrected chi connectivity index (χ4v) is 1.35. The topological polar surface area (TPSA) is 66.4 Å². The Labute approximate surface area is 101 Å². The minimum atomic E-state index is -1.28. The third-order valence-corrected chi connectivity index (χ3v) is 2.27. The van der Waals surface area contributed by atoms with E-state index in [1.165, 1.54) is 0 Å². The Kier molecular flexibility index (Phi) is 4.49. The molecule has 0 aliphatic rings. The molecule has 0 heterocycles. The molecule has 0 radical (unpaired) electrons. The summed E-state index contributed by atoms with van der Waals surface area (Å²) in [6.07, 6.45) is 0. The van der Waals surface area contributed by atoms with Crippen LogP contribution in [0.5, 0.6) is 5.75 Å². The number of carbonyl (C=O) groups excluding carboxylic acids is 2. The Bertz CT molecular complexity index is 383. The molecular weight excluding hydrogens is 276 g/mol. The molecule has 86 valence electrons. The molecule has 1 aromatic rings. The third-order valence-electron chi connectivity index (χ3n) is 1.86. The number of carboxylic acids is 1. The summed E-state index contributed by atoms with van der Waals surface area (Å²) in [6, 6.07) is 6.27. The number of ether oxygens (including phenoxy) is 1. The van der Waals surface area contributed by atoms with Gasteiger partial charge in [-0.15, -0.1) is 0 Å². The van der Waals surface area contributed by atoms with Crippen LogP contribution in [0.1, 0.15) is 17.3 Å². The summed E-state index contributed by atoms with van der Waals surface area (Å²) < 4.78 is 4.88. The molecule has 0 saturated carbocycles. The minimum Gasteiger partial charge on any atom is -0.546 e. The highest BCUT2D eigenvalue weighted by atomic mass is 79.9. The van der Waals surface area contributed by atoms with Crippen LogP contribution in [-0.2, 0) is 4.79 Å². The second-order valence-electron chi connectivity index (χ2n) is 3.17. The maximum absolute atomic E-state index is 11.5. The first-order valence-corrected chi connectivity index (χ1v) is 5.53. The molecule has 1 unspecified atom stereocenters. The third kappa shape index (κ3) is 3.66. The fourth-order valence-electron chi connectivity index (χ4n) is 1.09. The molecule has 0 aliphatic heterocycles. The highest BCUT2D eigenvalue weighted by molar-refractivity contribution is 9.10. The van der Waals surface area contributed by atoms with E-state index in [1.807, 2.05) is 0 Å². The van der Waals surface area contributed by atoms with Crippen molar-refractivity contribution in [2.24, 2.45) is 0 Å². The van der Waals surface area contributed by atoms with Crippen molar-refractivity contribution < 1.29 is 19.4 Å². The van der Waals surface area contributed by atoms with Crippen LogP contribution in [0.15, 0.2) is 24.3 Å². The van der Waals surface area contributed by atoms with E-state index < -0.39 is 12.6 Å². The van der Waals surface area contributed by atoms with Gasteiger partial charge in [0, 0.05) is 5.56 Å². The molecule has 0 N–H and O–H groups in total. The van der Waals surface area contributed by atoms with Gasteiger partial charge in [-0.25, -0.2) is 0 Å². The largest absolute Gasteiger partial charge is 0.546 e. The van der Waals surface area contributed by atoms with Crippen molar-refractivity contribution in [3.05, 3.63) is 29.8 Å². The number of alkyl halides is 1. The summed E-state index contributed by atoms with van der Waals surface area (Å²) in [6.45, 7) is 1.24. The van der Waals surface area contributed by atoms with Gasteiger partial charge in [0.25, 0.3) is 0 Å². The number of Topliss-reactive ketones (excluding diaryl/α,β-unsaturated/α-hetero) is 1. The molecule has 5 heteroatoms. The summed E-state index contributed by atoms with van der Waals surface area (Å²) in [7, 11) is 0. The fraction of sp³-hybridized carbons (Fsp3) is 0.273. The number of rotatable bonds is 5. The van der Waals surface area contributed by atoms with E-state index in [9.17, 15) is 14.7 Å². The molecule has 16 heavy (non-hydrogen) atoms. The number of carboxylic acid groups (broad SMARTS) is 1. The zero-order chi connectivity index (χ0) is 12.1. The van der Waals surface area contributed by atoms with E-state index in [4.69, 9.17) is 4.74 Å². The summed E-state index contributed by atoms with van der Waals surface area (Å²) in [5, 5.41) is 10.1. The molecule has 1 rings (SSSR count). The van der Waals surface area contributed by atoms with Crippen LogP contribution in [0.2, 0.25) is 0 Å². The number of benzene rings is 1. The van der Waals surface area contributed by atoms with Crippen molar-refractivity contribution in [2.45, 2.75) is 11.8 Å². The summed E-state index contributed by atoms with van der Waals surface area (Å²) in [5.74, 6) is -0.927. The number of hydrogen-bond donors (Lipinski definition) is 0. The van der Waals surface area contributed by atoms with Crippen molar-refractivity contribution >= 4 is 27.7 Å². The molecular formula is C11H10BrO4-. The summed E-state index contributed by atoms with van der Waals surface area (Å²) in [4.78, 5) is 21.4. The van der Waals surface area contributed by atoms with Crippen LogP contribution in [-0.4, -0.2) is 23.2 Å². The molecule has 0 bridgehead atoms. The van der Waals surface area contributed by atoms with Crippen LogP contribution in [0.4, 0.5) is 0 Å². The molecule has 0 amide bonds. The second-order valence-corrected chi connectivity index (χ2v) is 4.54. The maximum atomic E-state index is 11.5. The first-order chi connectivity index (χ1) is 7.50. The number of aliphatic carboxylic acids is 1. The molecule has 0 aliphatic carbocycles. The summed E-state index contributed by atoms with van der Waals surface area (Å²) >= 11 is 3.18. The number of hydrogen-bond acceptors (Lipinski definition) is 4. The Balaban J connectivity index is 2.68. The molecule has 0 fully saturated rings. The Hall–Kier alpha value is -1.36. The molecule has 0 saturated heterocycles. The van der Waals surface area contributed by atoms with Crippen molar-refractivity contribution in [1.82, 2.24) is 0 Å². The minimum absolute atomic E-state index is 0.0357. The molecule has 1 aromatic carbocycles. The standard InChI is InChI=1S/C11H11BrO4/c1-7(12)11(15)8-2-4-9(5-3-8)16-6-10(13)14/h2-5,7H,6H2,1H3,(H,13,14)/p-1. The number of ketones is 1. The van der Waals surface area contributed by atoms with Gasteiger partial charge in [0.05, 0.1) is 10.8 Å². The SMILES string of the molecule is CC(Br)C(=O)c1ccc(OCC(=O)[O-])cc1. The van der Waals surface area contributed by atoms with Crippen molar-refractivity contribution in [3.8, 4) is 5.75 Å². The smallest absolute Gasteiger partial charge is 0.176 e. The van der Waals surface area contributed by atoms with Crippen LogP contribution >= 0.6 is 15.9 Å². The lowest BCUT2D eigenvalue weighted by atomic mass is 10.1. The van der Waals surface area contributed by atoms with Gasteiger partial charge in [0.1, 0.15) is 12.4 Å². The predicted octanol–water partition coefficient (Wildman–Crippen LogP) is 0.781. The Morgan fingerprint density at radius 2 is 1.94 bits per heavy atom. The van der Waals surface area contributed by atoms with Crippen molar-refractivity contribution in [1.29, 1.82) is 0 Å². The van der Waals surface area contributed by atoms with Gasteiger partial charge in [-0.05, 0) is 31.2 Å². The average molecular weight is 286 g/mol. The van der Waals surface area contributed by atoms with E-state index in [1.54, 1.807) is 31.2 Å². The molecule has 0 spiro atoms. The molecule has 4 nitrogen and oxygen atoms in total. The lowest BCUT2D eigenvalue weighted by Crippen LogP contribution is -2.28. The highest BCUT2D eigenvalue weighted by Crippen LogP contribution is 2.15. The zero-order valence-electron chi connectivity index (χ0n) is 8.60. The molecule has 1 atom stereocenters. The lowest BCUT2D eigenvalue weighted by molar-refractivity contribution is -0.307. The van der Waals surface area contributed by atoms with E-state index in [2.05, 4.69) is 15.9 Å². The van der Waals surface area contributed by atoms with E-state index in [-0.39, 0.29) is 10.6 Å². The number of carbonyl (C=O) groups is 2. The Morgan fingerprint density at radius 1 is 1.38 bits per heavy atom. The van der Waals surface area contributed by atoms with Gasteiger partial charge >= 0.3 is 0 Å². The van der Waals surface area contributed by atoms with Crippen LogP contribution in [0, 0.1) is 0 Å². The first kappa shape index (κ1) is 12.7. The number of halogens is 1. The monoisotopic (exact) mass is 285 g/mol. The van der Waals surface area contributed by atoms with Crippen LogP contribution in [0.25, 0.3) is 0 Å². The van der Waals surface area contributed by atoms with Crippen LogP contribution < -0.4 is 9.84 Å². The summed E-state index contributed by atoms with van der Waals surface area (Å²) in [5.41, 5.74) is 0.546. The van der Waals surface area contributed by atoms with Gasteiger partial charge in [0.15, 0.2) is 5.78 Å². The second kappa shape index (κ2) is 5.65. The average Bonchev–Trinajstić information content (AvgIpc) is 2.26. The normalized spacial score (nSPS) is 11.9. The molecule has 0 aromatic heterocycles. The zero-order valence-corrected chi connectivity index (χ0v) is 10.2. The van der Waals surface area contributed by atoms with Gasteiger partial charge in [-0.2, -0.15) is 0 Å². The van der Waals surface area contributed by atoms with Gasteiger partial charge in [-0.1, -0.05) is 15.9 Å². The van der Waals surface area contributed by atoms with E-state index in [0.29, 0.717) is 11.3 Å². The quantitative estimate of drug-likeness (QED) is 0.592. The maximum Gasteiger partial charge on any atom is 0.176 e. The predicted molar refractivity (Wildman–Crippen MR) is 59.7 cm³/mol. The van der Waals surface area contributed by atoms with E-state index >= 15 is 0 Å².